The molecule has 5 heteroatoms. The van der Waals surface area contributed by atoms with Gasteiger partial charge in [-0.25, -0.2) is 4.98 Å². The third-order valence-electron chi connectivity index (χ3n) is 4.18. The molecule has 0 radical (unpaired) electrons. The molecule has 0 amide bonds. The Hall–Kier alpha value is -1.98. The third kappa shape index (κ3) is 4.27. The van der Waals surface area contributed by atoms with Gasteiger partial charge in [0.2, 0.25) is 5.88 Å². The fourth-order valence-corrected chi connectivity index (χ4v) is 3.05. The Bertz CT molecular complexity index is 646. The van der Waals surface area contributed by atoms with Crippen LogP contribution in [0.3, 0.4) is 0 Å². The molecule has 0 spiro atoms. The number of nitrogens with zero attached hydrogens (tertiary/aromatic N) is 3. The van der Waals surface area contributed by atoms with Gasteiger partial charge >= 0.3 is 0 Å². The van der Waals surface area contributed by atoms with Gasteiger partial charge in [-0.2, -0.15) is 0 Å². The second-order valence-electron chi connectivity index (χ2n) is 6.06. The monoisotopic (exact) mass is 313 g/mol. The van der Waals surface area contributed by atoms with E-state index in [2.05, 4.69) is 14.9 Å². The molecule has 0 aliphatic carbocycles. The van der Waals surface area contributed by atoms with E-state index in [9.17, 15) is 0 Å². The van der Waals surface area contributed by atoms with Crippen LogP contribution in [0.15, 0.2) is 36.7 Å². The van der Waals surface area contributed by atoms with Gasteiger partial charge in [0.05, 0.1) is 18.5 Å². The van der Waals surface area contributed by atoms with E-state index in [1.54, 1.807) is 6.20 Å². The number of aryl methyl sites for hydroxylation is 1. The average molecular weight is 313 g/mol. The number of rotatable bonds is 5. The topological polar surface area (TPSA) is 58.5 Å². The van der Waals surface area contributed by atoms with Crippen LogP contribution in [-0.2, 0) is 0 Å². The van der Waals surface area contributed by atoms with E-state index in [4.69, 9.17) is 9.84 Å². The fraction of sp³-hybridized carbons (Fsp3) is 0.444. The molecule has 0 bridgehead atoms. The van der Waals surface area contributed by atoms with Crippen LogP contribution in [0.25, 0.3) is 0 Å². The zero-order valence-corrected chi connectivity index (χ0v) is 13.5. The van der Waals surface area contributed by atoms with Gasteiger partial charge in [-0.05, 0) is 44.0 Å². The first-order valence-corrected chi connectivity index (χ1v) is 8.14. The van der Waals surface area contributed by atoms with Gasteiger partial charge in [0.1, 0.15) is 5.75 Å². The van der Waals surface area contributed by atoms with Crippen LogP contribution in [0, 0.1) is 6.92 Å². The van der Waals surface area contributed by atoms with Crippen LogP contribution in [0.2, 0.25) is 0 Å². The lowest BCUT2D eigenvalue weighted by atomic mass is 9.95. The molecule has 122 valence electrons. The van der Waals surface area contributed by atoms with Crippen molar-refractivity contribution in [2.75, 3.05) is 26.2 Å². The van der Waals surface area contributed by atoms with Gasteiger partial charge < -0.3 is 14.7 Å². The van der Waals surface area contributed by atoms with Crippen molar-refractivity contribution >= 4 is 0 Å². The summed E-state index contributed by atoms with van der Waals surface area (Å²) in [5.41, 5.74) is 2.12. The molecular formula is C18H23N3O2. The molecule has 3 rings (SSSR count). The molecule has 2 aromatic rings. The molecule has 1 fully saturated rings. The van der Waals surface area contributed by atoms with E-state index in [1.165, 1.54) is 0 Å². The van der Waals surface area contributed by atoms with Crippen molar-refractivity contribution in [3.05, 3.63) is 47.9 Å². The molecule has 1 aromatic carbocycles. The maximum Gasteiger partial charge on any atom is 0.238 e. The minimum atomic E-state index is 0.203. The minimum Gasteiger partial charge on any atom is -0.437 e. The summed E-state index contributed by atoms with van der Waals surface area (Å²) < 4.78 is 5.84. The molecule has 1 saturated heterocycles. The Morgan fingerprint density at radius 2 is 2.26 bits per heavy atom. The third-order valence-corrected chi connectivity index (χ3v) is 4.18. The molecule has 1 aromatic heterocycles. The summed E-state index contributed by atoms with van der Waals surface area (Å²) in [6, 6.07) is 7.91. The fourth-order valence-electron chi connectivity index (χ4n) is 3.05. The molecule has 0 saturated carbocycles. The summed E-state index contributed by atoms with van der Waals surface area (Å²) in [4.78, 5) is 11.2. The highest BCUT2D eigenvalue weighted by atomic mass is 16.5. The normalized spacial score (nSPS) is 18.8. The first-order chi connectivity index (χ1) is 11.2. The molecule has 2 heterocycles. The van der Waals surface area contributed by atoms with Crippen molar-refractivity contribution in [3.8, 4) is 11.6 Å². The maximum atomic E-state index is 9.12. The van der Waals surface area contributed by atoms with Crippen molar-refractivity contribution in [3.63, 3.8) is 0 Å². The average Bonchev–Trinajstić information content (AvgIpc) is 2.56. The highest BCUT2D eigenvalue weighted by Gasteiger charge is 2.22. The maximum absolute atomic E-state index is 9.12. The van der Waals surface area contributed by atoms with Crippen LogP contribution < -0.4 is 4.74 Å². The van der Waals surface area contributed by atoms with E-state index >= 15 is 0 Å². The zero-order valence-electron chi connectivity index (χ0n) is 13.5. The van der Waals surface area contributed by atoms with Crippen LogP contribution in [0.5, 0.6) is 11.6 Å². The Kier molecular flexibility index (Phi) is 5.20. The van der Waals surface area contributed by atoms with Gasteiger partial charge in [0.25, 0.3) is 0 Å². The highest BCUT2D eigenvalue weighted by molar-refractivity contribution is 5.30. The molecule has 1 aliphatic rings. The lowest BCUT2D eigenvalue weighted by Gasteiger charge is -2.31. The van der Waals surface area contributed by atoms with E-state index in [-0.39, 0.29) is 6.61 Å². The van der Waals surface area contributed by atoms with Crippen LogP contribution in [0.4, 0.5) is 0 Å². The van der Waals surface area contributed by atoms with E-state index in [1.807, 2.05) is 37.4 Å². The summed E-state index contributed by atoms with van der Waals surface area (Å²) >= 11 is 0. The number of β-amino-alcohol motifs (C(OH)–C–C–N with tert-alkyl or cyclic N) is 1. The number of aromatic nitrogens is 2. The number of aliphatic hydroxyl groups excluding tert-OH is 1. The van der Waals surface area contributed by atoms with E-state index < -0.39 is 0 Å². The SMILES string of the molecule is Cc1cccc(Oc2cncc([C@@H]3CCCN(CCO)C3)n2)c1. The Morgan fingerprint density at radius 3 is 3.09 bits per heavy atom. The van der Waals surface area contributed by atoms with Gasteiger partial charge in [-0.15, -0.1) is 0 Å². The minimum absolute atomic E-state index is 0.203. The quantitative estimate of drug-likeness (QED) is 0.920. The first kappa shape index (κ1) is 15.9. The van der Waals surface area contributed by atoms with Crippen molar-refractivity contribution in [2.24, 2.45) is 0 Å². The molecule has 1 atom stereocenters. The van der Waals surface area contributed by atoms with Crippen LogP contribution >= 0.6 is 0 Å². The second kappa shape index (κ2) is 7.53. The standard InChI is InChI=1S/C18H23N3O2/c1-14-4-2-6-16(10-14)23-18-12-19-11-17(20-18)15-5-3-7-21(13-15)8-9-22/h2,4,6,10-12,15,22H,3,5,7-9,13H2,1H3/t15-/m1/s1. The number of likely N-dealkylation sites (tertiary alicyclic amines) is 1. The predicted molar refractivity (Wildman–Crippen MR) is 88.8 cm³/mol. The van der Waals surface area contributed by atoms with Crippen LogP contribution in [0.1, 0.15) is 30.0 Å². The number of ether oxygens (including phenoxy) is 1. The number of hydrogen-bond acceptors (Lipinski definition) is 5. The predicted octanol–water partition coefficient (Wildman–Crippen LogP) is 2.75. The van der Waals surface area contributed by atoms with Gasteiger partial charge in [0, 0.05) is 25.2 Å². The van der Waals surface area contributed by atoms with Crippen molar-refractivity contribution < 1.29 is 9.84 Å². The summed E-state index contributed by atoms with van der Waals surface area (Å²) in [7, 11) is 0. The Labute approximate surface area is 137 Å². The second-order valence-corrected chi connectivity index (χ2v) is 6.06. The van der Waals surface area contributed by atoms with Crippen molar-refractivity contribution in [1.82, 2.24) is 14.9 Å². The highest BCUT2D eigenvalue weighted by Crippen LogP contribution is 2.27. The lowest BCUT2D eigenvalue weighted by Crippen LogP contribution is -2.36. The van der Waals surface area contributed by atoms with Crippen molar-refractivity contribution in [2.45, 2.75) is 25.7 Å². The molecule has 1 N–H and O–H groups in total. The summed E-state index contributed by atoms with van der Waals surface area (Å²) in [5, 5.41) is 9.12. The summed E-state index contributed by atoms with van der Waals surface area (Å²) in [6.45, 7) is 4.93. The Balaban J connectivity index is 1.72. The van der Waals surface area contributed by atoms with Crippen LogP contribution in [-0.4, -0.2) is 46.2 Å². The first-order valence-electron chi connectivity index (χ1n) is 8.14. The largest absolute Gasteiger partial charge is 0.437 e. The van der Waals surface area contributed by atoms with Gasteiger partial charge in [-0.1, -0.05) is 12.1 Å². The smallest absolute Gasteiger partial charge is 0.238 e. The molecule has 23 heavy (non-hydrogen) atoms. The van der Waals surface area contributed by atoms with E-state index in [0.29, 0.717) is 11.8 Å². The number of hydrogen-bond donors (Lipinski definition) is 1. The molecular weight excluding hydrogens is 290 g/mol. The summed E-state index contributed by atoms with van der Waals surface area (Å²) in [6.07, 6.45) is 5.70. The van der Waals surface area contributed by atoms with Gasteiger partial charge in [0.15, 0.2) is 0 Å². The molecule has 5 nitrogen and oxygen atoms in total. The lowest BCUT2D eigenvalue weighted by molar-refractivity contribution is 0.160. The Morgan fingerprint density at radius 1 is 1.35 bits per heavy atom. The molecule has 1 aliphatic heterocycles. The van der Waals surface area contributed by atoms with E-state index in [0.717, 1.165) is 49.5 Å². The van der Waals surface area contributed by atoms with Crippen molar-refractivity contribution in [1.29, 1.82) is 0 Å². The zero-order chi connectivity index (χ0) is 16.1. The molecule has 0 unspecified atom stereocenters. The number of aliphatic hydroxyl groups is 1. The number of piperidine rings is 1. The summed E-state index contributed by atoms with van der Waals surface area (Å²) in [5.74, 6) is 1.67. The van der Waals surface area contributed by atoms with Gasteiger partial charge in [-0.3, -0.25) is 4.98 Å². The number of benzene rings is 1.